The van der Waals surface area contributed by atoms with Crippen molar-refractivity contribution >= 4 is 28.4 Å². The summed E-state index contributed by atoms with van der Waals surface area (Å²) in [6.45, 7) is 7.43. The highest BCUT2D eigenvalue weighted by Crippen LogP contribution is 2.15. The van der Waals surface area contributed by atoms with Gasteiger partial charge in [0.25, 0.3) is 0 Å². The predicted molar refractivity (Wildman–Crippen MR) is 75.7 cm³/mol. The van der Waals surface area contributed by atoms with Gasteiger partial charge >= 0.3 is 0 Å². The minimum Gasteiger partial charge on any atom is -0.357 e. The fourth-order valence-corrected chi connectivity index (χ4v) is 2.04. The SMILES string of the molecule is CC(C)CNCCN(C)c1ncncc1I. The third-order valence-electron chi connectivity index (χ3n) is 2.19. The van der Waals surface area contributed by atoms with E-state index in [1.165, 1.54) is 0 Å². The third kappa shape index (κ3) is 4.61. The van der Waals surface area contributed by atoms with Gasteiger partial charge in [0, 0.05) is 26.3 Å². The standard InChI is InChI=1S/C11H19IN4/c1-9(2)6-13-4-5-16(3)11-10(12)7-14-8-15-11/h7-9,13H,4-6H2,1-3H3. The van der Waals surface area contributed by atoms with Crippen LogP contribution in [0.25, 0.3) is 0 Å². The van der Waals surface area contributed by atoms with Gasteiger partial charge in [-0.1, -0.05) is 13.8 Å². The molecule has 0 aliphatic heterocycles. The van der Waals surface area contributed by atoms with Gasteiger partial charge in [0.1, 0.15) is 12.1 Å². The lowest BCUT2D eigenvalue weighted by Gasteiger charge is -2.19. The van der Waals surface area contributed by atoms with Gasteiger partial charge in [-0.25, -0.2) is 9.97 Å². The molecule has 0 radical (unpaired) electrons. The van der Waals surface area contributed by atoms with Gasteiger partial charge in [-0.05, 0) is 35.1 Å². The molecule has 5 heteroatoms. The molecule has 1 aromatic rings. The molecule has 0 aliphatic rings. The van der Waals surface area contributed by atoms with E-state index in [2.05, 4.69) is 63.7 Å². The van der Waals surface area contributed by atoms with E-state index in [0.29, 0.717) is 5.92 Å². The van der Waals surface area contributed by atoms with Crippen molar-refractivity contribution < 1.29 is 0 Å². The summed E-state index contributed by atoms with van der Waals surface area (Å²) in [5.41, 5.74) is 0. The zero-order chi connectivity index (χ0) is 12.0. The molecule has 0 spiro atoms. The minimum atomic E-state index is 0.699. The summed E-state index contributed by atoms with van der Waals surface area (Å²) < 4.78 is 1.09. The van der Waals surface area contributed by atoms with Crippen molar-refractivity contribution in [3.8, 4) is 0 Å². The lowest BCUT2D eigenvalue weighted by molar-refractivity contribution is 0.553. The van der Waals surface area contributed by atoms with Crippen LogP contribution in [0.15, 0.2) is 12.5 Å². The summed E-state index contributed by atoms with van der Waals surface area (Å²) in [5.74, 6) is 1.70. The number of likely N-dealkylation sites (N-methyl/N-ethyl adjacent to an activating group) is 1. The van der Waals surface area contributed by atoms with E-state index in [1.54, 1.807) is 6.33 Å². The fourth-order valence-electron chi connectivity index (χ4n) is 1.33. The number of anilines is 1. The van der Waals surface area contributed by atoms with E-state index in [-0.39, 0.29) is 0 Å². The molecule has 0 saturated carbocycles. The van der Waals surface area contributed by atoms with Crippen molar-refractivity contribution in [2.45, 2.75) is 13.8 Å². The first kappa shape index (κ1) is 13.6. The van der Waals surface area contributed by atoms with E-state index in [0.717, 1.165) is 29.0 Å². The minimum absolute atomic E-state index is 0.699. The number of nitrogens with zero attached hydrogens (tertiary/aromatic N) is 3. The maximum absolute atomic E-state index is 4.27. The summed E-state index contributed by atoms with van der Waals surface area (Å²) in [7, 11) is 2.06. The molecule has 0 bridgehead atoms. The van der Waals surface area contributed by atoms with E-state index < -0.39 is 0 Å². The van der Waals surface area contributed by atoms with Crippen molar-refractivity contribution in [2.75, 3.05) is 31.6 Å². The molecule has 16 heavy (non-hydrogen) atoms. The first-order valence-electron chi connectivity index (χ1n) is 5.48. The zero-order valence-corrected chi connectivity index (χ0v) is 12.2. The highest BCUT2D eigenvalue weighted by Gasteiger charge is 2.06. The Hall–Kier alpha value is -0.430. The lowest BCUT2D eigenvalue weighted by atomic mass is 10.2. The number of halogens is 1. The number of rotatable bonds is 6. The van der Waals surface area contributed by atoms with Crippen molar-refractivity contribution in [3.63, 3.8) is 0 Å². The molecule has 1 aromatic heterocycles. The monoisotopic (exact) mass is 334 g/mol. The molecule has 0 unspecified atom stereocenters. The van der Waals surface area contributed by atoms with Gasteiger partial charge in [0.2, 0.25) is 0 Å². The third-order valence-corrected chi connectivity index (χ3v) is 2.95. The Morgan fingerprint density at radius 1 is 1.50 bits per heavy atom. The quantitative estimate of drug-likeness (QED) is 0.636. The number of aromatic nitrogens is 2. The molecule has 4 nitrogen and oxygen atoms in total. The molecule has 0 aliphatic carbocycles. The molecule has 1 heterocycles. The molecule has 0 amide bonds. The smallest absolute Gasteiger partial charge is 0.145 e. The van der Waals surface area contributed by atoms with Crippen LogP contribution in [0.2, 0.25) is 0 Å². The van der Waals surface area contributed by atoms with Crippen LogP contribution in [-0.4, -0.2) is 36.6 Å². The van der Waals surface area contributed by atoms with E-state index in [1.807, 2.05) is 6.20 Å². The first-order chi connectivity index (χ1) is 7.61. The molecular formula is C11H19IN4. The zero-order valence-electron chi connectivity index (χ0n) is 10.1. The fraction of sp³-hybridized carbons (Fsp3) is 0.636. The van der Waals surface area contributed by atoms with Crippen LogP contribution in [0.4, 0.5) is 5.82 Å². The summed E-state index contributed by atoms with van der Waals surface area (Å²) >= 11 is 2.26. The second-order valence-electron chi connectivity index (χ2n) is 4.21. The maximum atomic E-state index is 4.27. The highest BCUT2D eigenvalue weighted by molar-refractivity contribution is 14.1. The lowest BCUT2D eigenvalue weighted by Crippen LogP contribution is -2.31. The van der Waals surface area contributed by atoms with Crippen LogP contribution in [0.5, 0.6) is 0 Å². The average molecular weight is 334 g/mol. The van der Waals surface area contributed by atoms with Gasteiger partial charge in [-0.15, -0.1) is 0 Å². The van der Waals surface area contributed by atoms with Gasteiger partial charge in [0.05, 0.1) is 3.57 Å². The molecule has 90 valence electrons. The second kappa shape index (κ2) is 7.01. The topological polar surface area (TPSA) is 41.0 Å². The van der Waals surface area contributed by atoms with E-state index in [9.17, 15) is 0 Å². The molecule has 1 N–H and O–H groups in total. The summed E-state index contributed by atoms with van der Waals surface area (Å²) in [6.07, 6.45) is 3.43. The summed E-state index contributed by atoms with van der Waals surface area (Å²) in [5, 5.41) is 3.42. The Morgan fingerprint density at radius 2 is 2.25 bits per heavy atom. The van der Waals surface area contributed by atoms with Gasteiger partial charge in [-0.2, -0.15) is 0 Å². The molecule has 0 fully saturated rings. The Labute approximate surface area is 111 Å². The number of hydrogen-bond acceptors (Lipinski definition) is 4. The first-order valence-corrected chi connectivity index (χ1v) is 6.56. The Morgan fingerprint density at radius 3 is 2.88 bits per heavy atom. The highest BCUT2D eigenvalue weighted by atomic mass is 127. The van der Waals surface area contributed by atoms with Gasteiger partial charge in [0.15, 0.2) is 0 Å². The number of hydrogen-bond donors (Lipinski definition) is 1. The largest absolute Gasteiger partial charge is 0.357 e. The Bertz CT molecular complexity index is 317. The van der Waals surface area contributed by atoms with E-state index in [4.69, 9.17) is 0 Å². The maximum Gasteiger partial charge on any atom is 0.145 e. The predicted octanol–water partition coefficient (Wildman–Crippen LogP) is 1.76. The molecule has 1 rings (SSSR count). The van der Waals surface area contributed by atoms with Crippen LogP contribution in [0.3, 0.4) is 0 Å². The van der Waals surface area contributed by atoms with Crippen molar-refractivity contribution in [2.24, 2.45) is 5.92 Å². The van der Waals surface area contributed by atoms with E-state index >= 15 is 0 Å². The van der Waals surface area contributed by atoms with Crippen LogP contribution in [0, 0.1) is 9.49 Å². The van der Waals surface area contributed by atoms with Gasteiger partial charge < -0.3 is 10.2 Å². The molecule has 0 atom stereocenters. The Balaban J connectivity index is 2.35. The van der Waals surface area contributed by atoms with Crippen LogP contribution in [-0.2, 0) is 0 Å². The molecule has 0 saturated heterocycles. The van der Waals surface area contributed by atoms with Crippen molar-refractivity contribution in [1.29, 1.82) is 0 Å². The summed E-state index contributed by atoms with van der Waals surface area (Å²) in [6, 6.07) is 0. The van der Waals surface area contributed by atoms with Crippen LogP contribution in [0.1, 0.15) is 13.8 Å². The molecular weight excluding hydrogens is 315 g/mol. The van der Waals surface area contributed by atoms with Gasteiger partial charge in [-0.3, -0.25) is 0 Å². The number of nitrogens with one attached hydrogen (secondary N) is 1. The van der Waals surface area contributed by atoms with Crippen molar-refractivity contribution in [3.05, 3.63) is 16.1 Å². The summed E-state index contributed by atoms with van der Waals surface area (Å²) in [4.78, 5) is 10.4. The van der Waals surface area contributed by atoms with Crippen molar-refractivity contribution in [1.82, 2.24) is 15.3 Å². The van der Waals surface area contributed by atoms with Crippen LogP contribution >= 0.6 is 22.6 Å². The second-order valence-corrected chi connectivity index (χ2v) is 5.38. The average Bonchev–Trinajstić information content (AvgIpc) is 2.24. The molecule has 0 aromatic carbocycles. The normalized spacial score (nSPS) is 10.8. The van der Waals surface area contributed by atoms with Crippen LogP contribution < -0.4 is 10.2 Å². The Kier molecular flexibility index (Phi) is 5.97.